The van der Waals surface area contributed by atoms with Crippen LogP contribution in [0, 0.1) is 5.92 Å². The number of nitrogens with two attached hydrogens (primary N) is 1. The average Bonchev–Trinajstić information content (AvgIpc) is 3.02. The van der Waals surface area contributed by atoms with Gasteiger partial charge in [0.1, 0.15) is 5.69 Å². The first-order valence-electron chi connectivity index (χ1n) is 6.75. The van der Waals surface area contributed by atoms with E-state index in [0.717, 1.165) is 23.3 Å². The molecule has 0 aromatic carbocycles. The van der Waals surface area contributed by atoms with Crippen molar-refractivity contribution in [3.05, 3.63) is 30.7 Å². The second kappa shape index (κ2) is 5.93. The molecule has 3 rings (SSSR count). The molecule has 0 radical (unpaired) electrons. The van der Waals surface area contributed by atoms with Gasteiger partial charge >= 0.3 is 0 Å². The van der Waals surface area contributed by atoms with Gasteiger partial charge in [0, 0.05) is 24.3 Å². The number of halogens is 1. The van der Waals surface area contributed by atoms with Crippen LogP contribution in [0.1, 0.15) is 13.8 Å². The van der Waals surface area contributed by atoms with E-state index in [0.29, 0.717) is 18.0 Å². The summed E-state index contributed by atoms with van der Waals surface area (Å²) in [7, 11) is 0. The van der Waals surface area contributed by atoms with Gasteiger partial charge in [0.25, 0.3) is 0 Å². The van der Waals surface area contributed by atoms with Crippen molar-refractivity contribution in [1.82, 2.24) is 19.1 Å². The molecule has 5 nitrogen and oxygen atoms in total. The zero-order chi connectivity index (χ0) is 15.0. The van der Waals surface area contributed by atoms with Crippen molar-refractivity contribution < 1.29 is 0 Å². The third kappa shape index (κ3) is 2.92. The van der Waals surface area contributed by atoms with E-state index in [1.807, 2.05) is 16.8 Å². The molecular weight excluding hydrogens is 396 g/mol. The van der Waals surface area contributed by atoms with Gasteiger partial charge in [-0.25, -0.2) is 4.45 Å². The molecule has 0 spiro atoms. The summed E-state index contributed by atoms with van der Waals surface area (Å²) < 4.78 is 4.11. The van der Waals surface area contributed by atoms with E-state index in [2.05, 4.69) is 68.9 Å². The molecule has 0 fully saturated rings. The van der Waals surface area contributed by atoms with Crippen molar-refractivity contribution >= 4 is 45.0 Å². The number of nitrogens with zero attached hydrogens (tertiary/aromatic N) is 4. The molecule has 7 heteroatoms. The van der Waals surface area contributed by atoms with E-state index >= 15 is 0 Å². The van der Waals surface area contributed by atoms with Crippen LogP contribution >= 0.6 is 28.4 Å². The number of anilines is 1. The van der Waals surface area contributed by atoms with Crippen LogP contribution in [-0.2, 0) is 6.54 Å². The Morgan fingerprint density at radius 1 is 1.43 bits per heavy atom. The minimum Gasteiger partial charge on any atom is -0.396 e. The maximum absolute atomic E-state index is 6.06. The van der Waals surface area contributed by atoms with E-state index in [4.69, 9.17) is 5.73 Å². The Hall–Kier alpha value is -1.14. The van der Waals surface area contributed by atoms with Crippen molar-refractivity contribution in [3.63, 3.8) is 0 Å². The molecule has 21 heavy (non-hydrogen) atoms. The normalized spacial score (nSPS) is 12.2. The van der Waals surface area contributed by atoms with E-state index in [1.54, 1.807) is 0 Å². The summed E-state index contributed by atoms with van der Waals surface area (Å²) in [5, 5.41) is 5.65. The van der Waals surface area contributed by atoms with Crippen molar-refractivity contribution in [2.75, 3.05) is 5.73 Å². The molecule has 0 aliphatic heterocycles. The highest BCUT2D eigenvalue weighted by atomic mass is 127. The van der Waals surface area contributed by atoms with E-state index in [-0.39, 0.29) is 0 Å². The van der Waals surface area contributed by atoms with Crippen LogP contribution in [0.2, 0.25) is 0 Å². The van der Waals surface area contributed by atoms with Crippen LogP contribution in [0.4, 0.5) is 5.69 Å². The standard InChI is InChI=1S/C14H17IN5P/c1-9(2)7-19-4-3-10-6-17-12(5-13(10)19)14-11(16)8-20(18-14)21-15/h3-6,8-9,21H,7,16H2,1-2H3. The third-order valence-electron chi connectivity index (χ3n) is 3.29. The van der Waals surface area contributed by atoms with Gasteiger partial charge in [0.2, 0.25) is 0 Å². The van der Waals surface area contributed by atoms with Crippen LogP contribution in [0.3, 0.4) is 0 Å². The summed E-state index contributed by atoms with van der Waals surface area (Å²) in [6.45, 7) is 5.43. The molecule has 3 aromatic heterocycles. The molecule has 0 aliphatic carbocycles. The summed E-state index contributed by atoms with van der Waals surface area (Å²) in [5.74, 6) is 0.599. The predicted molar refractivity (Wildman–Crippen MR) is 97.9 cm³/mol. The lowest BCUT2D eigenvalue weighted by molar-refractivity contribution is 0.535. The van der Waals surface area contributed by atoms with Gasteiger partial charge in [-0.05, 0) is 40.1 Å². The van der Waals surface area contributed by atoms with Crippen molar-refractivity contribution in [2.24, 2.45) is 5.92 Å². The highest BCUT2D eigenvalue weighted by molar-refractivity contribution is 14.2. The first kappa shape index (κ1) is 14.8. The summed E-state index contributed by atoms with van der Waals surface area (Å²) in [5.41, 5.74) is 9.51. The molecule has 1 atom stereocenters. The quantitative estimate of drug-likeness (QED) is 0.521. The number of hydrogen-bond acceptors (Lipinski definition) is 3. The fourth-order valence-corrected chi connectivity index (χ4v) is 3.46. The Labute approximate surface area is 138 Å². The molecule has 3 aromatic rings. The van der Waals surface area contributed by atoms with Gasteiger partial charge in [-0.2, -0.15) is 5.10 Å². The lowest BCUT2D eigenvalue weighted by atomic mass is 10.2. The third-order valence-corrected chi connectivity index (χ3v) is 5.17. The maximum Gasteiger partial charge on any atom is 0.134 e. The minimum absolute atomic E-state index is 0.536. The fraction of sp³-hybridized carbons (Fsp3) is 0.286. The van der Waals surface area contributed by atoms with Crippen LogP contribution in [-0.4, -0.2) is 19.1 Å². The molecule has 0 saturated heterocycles. The zero-order valence-corrected chi connectivity index (χ0v) is 15.1. The second-order valence-corrected chi connectivity index (χ2v) is 7.53. The van der Waals surface area contributed by atoms with E-state index in [9.17, 15) is 0 Å². The number of fused-ring (bicyclic) bond motifs is 1. The second-order valence-electron chi connectivity index (χ2n) is 5.45. The Bertz CT molecular complexity index is 777. The molecule has 110 valence electrons. The molecule has 0 aliphatic rings. The topological polar surface area (TPSA) is 61.7 Å². The molecule has 1 unspecified atom stereocenters. The Morgan fingerprint density at radius 3 is 2.90 bits per heavy atom. The molecule has 3 heterocycles. The Morgan fingerprint density at radius 2 is 2.24 bits per heavy atom. The highest BCUT2D eigenvalue weighted by Crippen LogP contribution is 2.30. The SMILES string of the molecule is CC(C)Cn1ccc2cnc(-c3nn(PI)cc3N)cc21. The summed E-state index contributed by atoms with van der Waals surface area (Å²) in [6, 6.07) is 4.18. The molecular formula is C14H17IN5P. The van der Waals surface area contributed by atoms with Crippen molar-refractivity contribution in [3.8, 4) is 11.4 Å². The van der Waals surface area contributed by atoms with Gasteiger partial charge in [-0.3, -0.25) is 4.98 Å². The summed E-state index contributed by atoms with van der Waals surface area (Å²) in [4.78, 5) is 4.51. The first-order valence-corrected chi connectivity index (χ1v) is 10.8. The van der Waals surface area contributed by atoms with Gasteiger partial charge in [0.15, 0.2) is 0 Å². The molecule has 0 bridgehead atoms. The molecule has 0 amide bonds. The first-order chi connectivity index (χ1) is 10.1. The lowest BCUT2D eigenvalue weighted by Crippen LogP contribution is -2.02. The van der Waals surface area contributed by atoms with Crippen LogP contribution < -0.4 is 5.73 Å². The Balaban J connectivity index is 2.08. The monoisotopic (exact) mass is 413 g/mol. The smallest absolute Gasteiger partial charge is 0.134 e. The molecule has 2 N–H and O–H groups in total. The van der Waals surface area contributed by atoms with E-state index < -0.39 is 0 Å². The van der Waals surface area contributed by atoms with Crippen LogP contribution in [0.15, 0.2) is 30.7 Å². The van der Waals surface area contributed by atoms with E-state index in [1.165, 1.54) is 5.52 Å². The average molecular weight is 413 g/mol. The number of nitrogen functional groups attached to an aromatic ring is 1. The number of rotatable bonds is 4. The maximum atomic E-state index is 6.06. The predicted octanol–water partition coefficient (Wildman–Crippen LogP) is 3.93. The minimum atomic E-state index is 0.536. The lowest BCUT2D eigenvalue weighted by Gasteiger charge is -2.08. The summed E-state index contributed by atoms with van der Waals surface area (Å²) >= 11 is 2.28. The fourth-order valence-electron chi connectivity index (χ4n) is 2.39. The van der Waals surface area contributed by atoms with Crippen LogP contribution in [0.5, 0.6) is 0 Å². The van der Waals surface area contributed by atoms with Gasteiger partial charge < -0.3 is 10.3 Å². The number of pyridine rings is 1. The number of aromatic nitrogens is 4. The van der Waals surface area contributed by atoms with Gasteiger partial charge in [-0.15, -0.1) is 0 Å². The van der Waals surface area contributed by atoms with Gasteiger partial charge in [-0.1, -0.05) is 13.8 Å². The van der Waals surface area contributed by atoms with Gasteiger partial charge in [0.05, 0.1) is 29.5 Å². The van der Waals surface area contributed by atoms with Crippen molar-refractivity contribution in [2.45, 2.75) is 20.4 Å². The Kier molecular flexibility index (Phi) is 4.17. The van der Waals surface area contributed by atoms with Crippen molar-refractivity contribution in [1.29, 1.82) is 0 Å². The van der Waals surface area contributed by atoms with Crippen LogP contribution in [0.25, 0.3) is 22.3 Å². The highest BCUT2D eigenvalue weighted by Gasteiger charge is 2.12. The number of hydrogen-bond donors (Lipinski definition) is 1. The molecule has 0 saturated carbocycles. The zero-order valence-electron chi connectivity index (χ0n) is 11.9. The largest absolute Gasteiger partial charge is 0.396 e. The summed E-state index contributed by atoms with van der Waals surface area (Å²) in [6.07, 6.45) is 6.41.